The van der Waals surface area contributed by atoms with Crippen LogP contribution in [0.5, 0.6) is 0 Å². The third kappa shape index (κ3) is 1.28. The SMILES string of the molecule is O=Cc1nc(F)cc2ccccc12. The van der Waals surface area contributed by atoms with E-state index >= 15 is 0 Å². The second kappa shape index (κ2) is 2.94. The van der Waals surface area contributed by atoms with Gasteiger partial charge in [0, 0.05) is 11.5 Å². The summed E-state index contributed by atoms with van der Waals surface area (Å²) in [6.07, 6.45) is 0.561. The van der Waals surface area contributed by atoms with Crippen molar-refractivity contribution in [2.24, 2.45) is 0 Å². The number of pyridine rings is 1. The summed E-state index contributed by atoms with van der Waals surface area (Å²) in [6.45, 7) is 0. The Morgan fingerprint density at radius 3 is 2.85 bits per heavy atom. The minimum atomic E-state index is -0.624. The van der Waals surface area contributed by atoms with Crippen LogP contribution in [-0.4, -0.2) is 11.3 Å². The third-order valence-corrected chi connectivity index (χ3v) is 1.85. The van der Waals surface area contributed by atoms with Gasteiger partial charge in [0.05, 0.1) is 0 Å². The van der Waals surface area contributed by atoms with Crippen LogP contribution in [0.2, 0.25) is 0 Å². The van der Waals surface area contributed by atoms with E-state index in [9.17, 15) is 9.18 Å². The van der Waals surface area contributed by atoms with Crippen LogP contribution in [0.4, 0.5) is 4.39 Å². The maximum atomic E-state index is 12.8. The monoisotopic (exact) mass is 175 g/mol. The van der Waals surface area contributed by atoms with Crippen molar-refractivity contribution >= 4 is 17.1 Å². The molecule has 2 nitrogen and oxygen atoms in total. The van der Waals surface area contributed by atoms with E-state index in [1.165, 1.54) is 6.07 Å². The van der Waals surface area contributed by atoms with E-state index in [1.54, 1.807) is 24.3 Å². The van der Waals surface area contributed by atoms with Gasteiger partial charge in [-0.25, -0.2) is 4.98 Å². The van der Waals surface area contributed by atoms with Gasteiger partial charge in [-0.3, -0.25) is 4.79 Å². The first kappa shape index (κ1) is 7.86. The van der Waals surface area contributed by atoms with Gasteiger partial charge in [0.1, 0.15) is 5.69 Å². The molecule has 64 valence electrons. The number of carbonyl (C=O) groups excluding carboxylic acids is 1. The van der Waals surface area contributed by atoms with Crippen LogP contribution in [-0.2, 0) is 0 Å². The van der Waals surface area contributed by atoms with E-state index in [0.717, 1.165) is 0 Å². The Labute approximate surface area is 74.0 Å². The number of benzene rings is 1. The van der Waals surface area contributed by atoms with E-state index < -0.39 is 5.95 Å². The molecule has 1 aromatic carbocycles. The lowest BCUT2D eigenvalue weighted by molar-refractivity contribution is 0.111. The summed E-state index contributed by atoms with van der Waals surface area (Å²) < 4.78 is 12.8. The van der Waals surface area contributed by atoms with Crippen LogP contribution in [0.3, 0.4) is 0 Å². The van der Waals surface area contributed by atoms with Gasteiger partial charge in [-0.05, 0) is 5.39 Å². The van der Waals surface area contributed by atoms with Crippen molar-refractivity contribution in [3.05, 3.63) is 42.0 Å². The van der Waals surface area contributed by atoms with Crippen molar-refractivity contribution in [2.75, 3.05) is 0 Å². The minimum absolute atomic E-state index is 0.149. The first-order chi connectivity index (χ1) is 6.31. The van der Waals surface area contributed by atoms with Crippen LogP contribution < -0.4 is 0 Å². The van der Waals surface area contributed by atoms with Crippen molar-refractivity contribution in [1.82, 2.24) is 4.98 Å². The molecule has 0 aliphatic rings. The largest absolute Gasteiger partial charge is 0.296 e. The molecule has 0 bridgehead atoms. The first-order valence-electron chi connectivity index (χ1n) is 3.82. The van der Waals surface area contributed by atoms with E-state index in [1.807, 2.05) is 0 Å². The van der Waals surface area contributed by atoms with Crippen LogP contribution >= 0.6 is 0 Å². The molecule has 0 aliphatic carbocycles. The van der Waals surface area contributed by atoms with E-state index in [4.69, 9.17) is 0 Å². The van der Waals surface area contributed by atoms with Crippen LogP contribution in [0, 0.1) is 5.95 Å². The standard InChI is InChI=1S/C10H6FNO/c11-10-5-7-3-1-2-4-8(7)9(6-13)12-10/h1-6H. The molecular weight excluding hydrogens is 169 g/mol. The maximum Gasteiger partial charge on any atom is 0.214 e. The fourth-order valence-electron chi connectivity index (χ4n) is 1.28. The van der Waals surface area contributed by atoms with Gasteiger partial charge < -0.3 is 0 Å². The fourth-order valence-corrected chi connectivity index (χ4v) is 1.28. The Kier molecular flexibility index (Phi) is 1.77. The molecule has 0 aliphatic heterocycles. The van der Waals surface area contributed by atoms with Crippen molar-refractivity contribution < 1.29 is 9.18 Å². The van der Waals surface area contributed by atoms with Crippen LogP contribution in [0.15, 0.2) is 30.3 Å². The molecule has 2 rings (SSSR count). The summed E-state index contributed by atoms with van der Waals surface area (Å²) in [6, 6.07) is 8.37. The second-order valence-electron chi connectivity index (χ2n) is 2.67. The fraction of sp³-hybridized carbons (Fsp3) is 0. The average molecular weight is 175 g/mol. The second-order valence-corrected chi connectivity index (χ2v) is 2.67. The number of hydrogen-bond acceptors (Lipinski definition) is 2. The Balaban J connectivity index is 2.89. The van der Waals surface area contributed by atoms with E-state index in [2.05, 4.69) is 4.98 Å². The number of aldehydes is 1. The quantitative estimate of drug-likeness (QED) is 0.491. The van der Waals surface area contributed by atoms with Crippen LogP contribution in [0.25, 0.3) is 10.8 Å². The molecule has 0 atom stereocenters. The maximum absolute atomic E-state index is 12.8. The third-order valence-electron chi connectivity index (χ3n) is 1.85. The number of halogens is 1. The molecule has 2 aromatic rings. The predicted molar refractivity (Wildman–Crippen MR) is 47.1 cm³/mol. The zero-order chi connectivity index (χ0) is 9.26. The van der Waals surface area contributed by atoms with Crippen molar-refractivity contribution in [3.8, 4) is 0 Å². The molecule has 0 radical (unpaired) electrons. The first-order valence-corrected chi connectivity index (χ1v) is 3.82. The van der Waals surface area contributed by atoms with Gasteiger partial charge in [-0.15, -0.1) is 0 Å². The molecule has 0 amide bonds. The molecular formula is C10H6FNO. The molecule has 0 fully saturated rings. The molecule has 0 saturated carbocycles. The molecule has 13 heavy (non-hydrogen) atoms. The topological polar surface area (TPSA) is 30.0 Å². The lowest BCUT2D eigenvalue weighted by atomic mass is 10.1. The van der Waals surface area contributed by atoms with Gasteiger partial charge in [0.25, 0.3) is 0 Å². The summed E-state index contributed by atoms with van der Waals surface area (Å²) in [4.78, 5) is 14.0. The molecule has 0 spiro atoms. The predicted octanol–water partition coefficient (Wildman–Crippen LogP) is 2.19. The Morgan fingerprint density at radius 2 is 2.08 bits per heavy atom. The highest BCUT2D eigenvalue weighted by molar-refractivity contribution is 5.95. The summed E-state index contributed by atoms with van der Waals surface area (Å²) in [7, 11) is 0. The summed E-state index contributed by atoms with van der Waals surface area (Å²) in [5.41, 5.74) is 0.149. The number of fused-ring (bicyclic) bond motifs is 1. The highest BCUT2D eigenvalue weighted by atomic mass is 19.1. The number of rotatable bonds is 1. The summed E-state index contributed by atoms with van der Waals surface area (Å²) in [5.74, 6) is -0.624. The molecule has 1 aromatic heterocycles. The molecule has 0 saturated heterocycles. The summed E-state index contributed by atoms with van der Waals surface area (Å²) >= 11 is 0. The molecule has 1 heterocycles. The zero-order valence-electron chi connectivity index (χ0n) is 6.70. The van der Waals surface area contributed by atoms with Gasteiger partial charge in [0.2, 0.25) is 5.95 Å². The number of nitrogens with zero attached hydrogens (tertiary/aromatic N) is 1. The normalized spacial score (nSPS) is 10.2. The van der Waals surface area contributed by atoms with Crippen molar-refractivity contribution in [3.63, 3.8) is 0 Å². The molecule has 3 heteroatoms. The van der Waals surface area contributed by atoms with Crippen LogP contribution in [0.1, 0.15) is 10.5 Å². The lowest BCUT2D eigenvalue weighted by Crippen LogP contribution is -1.92. The number of hydrogen-bond donors (Lipinski definition) is 0. The van der Waals surface area contributed by atoms with Crippen molar-refractivity contribution in [2.45, 2.75) is 0 Å². The zero-order valence-corrected chi connectivity index (χ0v) is 6.70. The Hall–Kier alpha value is -1.77. The molecule has 0 N–H and O–H groups in total. The number of aromatic nitrogens is 1. The van der Waals surface area contributed by atoms with Gasteiger partial charge in [-0.2, -0.15) is 4.39 Å². The van der Waals surface area contributed by atoms with Gasteiger partial charge in [-0.1, -0.05) is 24.3 Å². The Bertz CT molecular complexity index is 467. The highest BCUT2D eigenvalue weighted by Gasteiger charge is 2.03. The average Bonchev–Trinajstić information content (AvgIpc) is 2.16. The van der Waals surface area contributed by atoms with E-state index in [-0.39, 0.29) is 5.69 Å². The van der Waals surface area contributed by atoms with Gasteiger partial charge in [0.15, 0.2) is 6.29 Å². The number of carbonyl (C=O) groups is 1. The Morgan fingerprint density at radius 1 is 1.31 bits per heavy atom. The smallest absolute Gasteiger partial charge is 0.214 e. The van der Waals surface area contributed by atoms with Gasteiger partial charge >= 0.3 is 0 Å². The summed E-state index contributed by atoms with van der Waals surface area (Å²) in [5, 5.41) is 1.37. The highest BCUT2D eigenvalue weighted by Crippen LogP contribution is 2.16. The van der Waals surface area contributed by atoms with Crippen molar-refractivity contribution in [1.29, 1.82) is 0 Å². The molecule has 0 unspecified atom stereocenters. The lowest BCUT2D eigenvalue weighted by Gasteiger charge is -1.98. The van der Waals surface area contributed by atoms with E-state index in [0.29, 0.717) is 17.1 Å². The minimum Gasteiger partial charge on any atom is -0.296 e.